The number of nitrogens with zero attached hydrogens (tertiary/aromatic N) is 3. The molecule has 1 atom stereocenters. The van der Waals surface area contributed by atoms with E-state index in [4.69, 9.17) is 0 Å². The number of carbonyl (C=O) groups is 1. The van der Waals surface area contributed by atoms with E-state index in [-0.39, 0.29) is 29.8 Å². The minimum absolute atomic E-state index is 0.0109. The number of sulfonamides is 1. The molecule has 0 aliphatic carbocycles. The van der Waals surface area contributed by atoms with Crippen molar-refractivity contribution in [2.45, 2.75) is 37.9 Å². The Kier molecular flexibility index (Phi) is 5.91. The fraction of sp³-hybridized carbons (Fsp3) is 0.444. The summed E-state index contributed by atoms with van der Waals surface area (Å²) >= 11 is 0. The minimum Gasteiger partial charge on any atom is -0.352 e. The Morgan fingerprint density at radius 1 is 1.33 bits per heavy atom. The summed E-state index contributed by atoms with van der Waals surface area (Å²) in [6, 6.07) is 5.90. The lowest BCUT2D eigenvalue weighted by atomic mass is 9.99. The molecule has 2 aromatic rings. The average Bonchev–Trinajstić information content (AvgIpc) is 3.17. The van der Waals surface area contributed by atoms with Gasteiger partial charge >= 0.3 is 0 Å². The maximum absolute atomic E-state index is 12.9. The van der Waals surface area contributed by atoms with Crippen molar-refractivity contribution < 1.29 is 17.6 Å². The van der Waals surface area contributed by atoms with Gasteiger partial charge < -0.3 is 9.88 Å². The quantitative estimate of drug-likeness (QED) is 0.809. The monoisotopic (exact) mass is 394 g/mol. The highest BCUT2D eigenvalue weighted by molar-refractivity contribution is 7.89. The molecule has 1 aromatic carbocycles. The first-order valence-corrected chi connectivity index (χ1v) is 10.4. The molecule has 7 nitrogen and oxygen atoms in total. The molecule has 3 rings (SSSR count). The van der Waals surface area contributed by atoms with Gasteiger partial charge in [-0.15, -0.1) is 0 Å². The SMILES string of the molecule is CCn1cnc(S(=O)(=O)N2CCC[C@H](C(=O)NCc3ccc(F)cc3)C2)c1. The third-order valence-corrected chi connectivity index (χ3v) is 6.46. The van der Waals surface area contributed by atoms with Crippen LogP contribution in [0.25, 0.3) is 0 Å². The number of aromatic nitrogens is 2. The largest absolute Gasteiger partial charge is 0.352 e. The van der Waals surface area contributed by atoms with Crippen molar-refractivity contribution in [1.82, 2.24) is 19.2 Å². The van der Waals surface area contributed by atoms with E-state index in [2.05, 4.69) is 10.3 Å². The summed E-state index contributed by atoms with van der Waals surface area (Å²) in [5, 5.41) is 2.82. The van der Waals surface area contributed by atoms with Crippen molar-refractivity contribution in [3.8, 4) is 0 Å². The van der Waals surface area contributed by atoms with Crippen molar-refractivity contribution in [2.75, 3.05) is 13.1 Å². The molecule has 1 aliphatic rings. The second-order valence-electron chi connectivity index (χ2n) is 6.59. The Balaban J connectivity index is 1.62. The van der Waals surface area contributed by atoms with E-state index >= 15 is 0 Å². The number of hydrogen-bond acceptors (Lipinski definition) is 4. The van der Waals surface area contributed by atoms with E-state index < -0.39 is 15.9 Å². The highest BCUT2D eigenvalue weighted by Crippen LogP contribution is 2.23. The maximum Gasteiger partial charge on any atom is 0.262 e. The molecule has 1 fully saturated rings. The average molecular weight is 394 g/mol. The van der Waals surface area contributed by atoms with Gasteiger partial charge in [0.15, 0.2) is 5.03 Å². The zero-order chi connectivity index (χ0) is 19.4. The lowest BCUT2D eigenvalue weighted by molar-refractivity contribution is -0.126. The lowest BCUT2D eigenvalue weighted by Gasteiger charge is -2.30. The van der Waals surface area contributed by atoms with Crippen molar-refractivity contribution in [3.05, 3.63) is 48.2 Å². The van der Waals surface area contributed by atoms with Crippen LogP contribution in [0.15, 0.2) is 41.8 Å². The number of benzene rings is 1. The summed E-state index contributed by atoms with van der Waals surface area (Å²) in [6.07, 6.45) is 4.24. The van der Waals surface area contributed by atoms with Gasteiger partial charge in [-0.05, 0) is 37.5 Å². The number of rotatable bonds is 6. The van der Waals surface area contributed by atoms with E-state index in [1.54, 1.807) is 16.7 Å². The van der Waals surface area contributed by atoms with E-state index in [0.717, 1.165) is 5.56 Å². The van der Waals surface area contributed by atoms with Gasteiger partial charge in [-0.3, -0.25) is 4.79 Å². The lowest BCUT2D eigenvalue weighted by Crippen LogP contribution is -2.45. The van der Waals surface area contributed by atoms with E-state index in [9.17, 15) is 17.6 Å². The number of carbonyl (C=O) groups excluding carboxylic acids is 1. The van der Waals surface area contributed by atoms with Gasteiger partial charge in [-0.2, -0.15) is 4.31 Å². The first-order valence-electron chi connectivity index (χ1n) is 8.94. The van der Waals surface area contributed by atoms with Crippen LogP contribution in [0.5, 0.6) is 0 Å². The highest BCUT2D eigenvalue weighted by atomic mass is 32.2. The Bertz CT molecular complexity index is 896. The van der Waals surface area contributed by atoms with Gasteiger partial charge in [0.25, 0.3) is 10.0 Å². The Hall–Kier alpha value is -2.26. The molecule has 1 aromatic heterocycles. The van der Waals surface area contributed by atoms with Gasteiger partial charge in [0.05, 0.1) is 12.2 Å². The van der Waals surface area contributed by atoms with E-state index in [0.29, 0.717) is 25.9 Å². The van der Waals surface area contributed by atoms with Crippen molar-refractivity contribution in [3.63, 3.8) is 0 Å². The second-order valence-corrected chi connectivity index (χ2v) is 8.47. The summed E-state index contributed by atoms with van der Waals surface area (Å²) in [4.78, 5) is 16.5. The third-order valence-electron chi connectivity index (χ3n) is 4.71. The topological polar surface area (TPSA) is 84.3 Å². The van der Waals surface area contributed by atoms with Gasteiger partial charge in [0.1, 0.15) is 5.82 Å². The second kappa shape index (κ2) is 8.18. The fourth-order valence-electron chi connectivity index (χ4n) is 3.09. The van der Waals surface area contributed by atoms with E-state index in [1.807, 2.05) is 6.92 Å². The fourth-order valence-corrected chi connectivity index (χ4v) is 4.55. The van der Waals surface area contributed by atoms with Gasteiger partial charge in [-0.25, -0.2) is 17.8 Å². The van der Waals surface area contributed by atoms with Gasteiger partial charge in [0, 0.05) is 32.4 Å². The number of amides is 1. The van der Waals surface area contributed by atoms with Crippen LogP contribution in [0.1, 0.15) is 25.3 Å². The molecule has 146 valence electrons. The van der Waals surface area contributed by atoms with Crippen LogP contribution in [0, 0.1) is 11.7 Å². The predicted molar refractivity (Wildman–Crippen MR) is 97.6 cm³/mol. The number of hydrogen-bond donors (Lipinski definition) is 1. The number of halogens is 1. The molecule has 1 N–H and O–H groups in total. The van der Waals surface area contributed by atoms with Crippen LogP contribution in [0.2, 0.25) is 0 Å². The van der Waals surface area contributed by atoms with E-state index in [1.165, 1.54) is 29.0 Å². The molecule has 0 radical (unpaired) electrons. The Morgan fingerprint density at radius 3 is 2.74 bits per heavy atom. The molecule has 1 saturated heterocycles. The smallest absolute Gasteiger partial charge is 0.262 e. The Labute approximate surface area is 158 Å². The normalized spacial score (nSPS) is 18.4. The molecule has 27 heavy (non-hydrogen) atoms. The van der Waals surface area contributed by atoms with Crippen molar-refractivity contribution >= 4 is 15.9 Å². The zero-order valence-electron chi connectivity index (χ0n) is 15.1. The molecule has 0 bridgehead atoms. The molecule has 1 aliphatic heterocycles. The number of aryl methyl sites for hydroxylation is 1. The van der Waals surface area contributed by atoms with Crippen LogP contribution in [0.4, 0.5) is 4.39 Å². The zero-order valence-corrected chi connectivity index (χ0v) is 16.0. The minimum atomic E-state index is -3.71. The van der Waals surface area contributed by atoms with Gasteiger partial charge in [-0.1, -0.05) is 12.1 Å². The molecule has 1 amide bonds. The molecule has 0 saturated carbocycles. The van der Waals surface area contributed by atoms with Crippen LogP contribution < -0.4 is 5.32 Å². The first-order chi connectivity index (χ1) is 12.9. The van der Waals surface area contributed by atoms with Gasteiger partial charge in [0.2, 0.25) is 5.91 Å². The number of nitrogens with one attached hydrogen (secondary N) is 1. The molecule has 9 heteroatoms. The third kappa shape index (κ3) is 4.54. The van der Waals surface area contributed by atoms with Crippen LogP contribution in [0.3, 0.4) is 0 Å². The van der Waals surface area contributed by atoms with Crippen molar-refractivity contribution in [1.29, 1.82) is 0 Å². The molecule has 0 spiro atoms. The summed E-state index contributed by atoms with van der Waals surface area (Å²) in [5.41, 5.74) is 0.787. The molecular weight excluding hydrogens is 371 g/mol. The molecule has 0 unspecified atom stereocenters. The van der Waals surface area contributed by atoms with Crippen molar-refractivity contribution in [2.24, 2.45) is 5.92 Å². The summed E-state index contributed by atoms with van der Waals surface area (Å²) in [6.45, 7) is 3.33. The Morgan fingerprint density at radius 2 is 2.07 bits per heavy atom. The highest BCUT2D eigenvalue weighted by Gasteiger charge is 2.34. The predicted octanol–water partition coefficient (Wildman–Crippen LogP) is 1.76. The first kappa shape index (κ1) is 19.5. The number of piperidine rings is 1. The standard InChI is InChI=1S/C18H23FN4O3S/c1-2-22-12-17(21-13-22)27(25,26)23-9-3-4-15(11-23)18(24)20-10-14-5-7-16(19)8-6-14/h5-8,12-13,15H,2-4,9-11H2,1H3,(H,20,24)/t15-/m0/s1. The van der Waals surface area contributed by atoms with Crippen LogP contribution in [-0.4, -0.2) is 41.3 Å². The summed E-state index contributed by atoms with van der Waals surface area (Å²) in [7, 11) is -3.71. The van der Waals surface area contributed by atoms with Crippen LogP contribution in [-0.2, 0) is 27.9 Å². The summed E-state index contributed by atoms with van der Waals surface area (Å²) < 4.78 is 41.5. The maximum atomic E-state index is 12.9. The van der Waals surface area contributed by atoms with Crippen LogP contribution >= 0.6 is 0 Å². The number of imidazole rings is 1. The molecular formula is C18H23FN4O3S. The summed E-state index contributed by atoms with van der Waals surface area (Å²) in [5.74, 6) is -0.940. The molecule has 2 heterocycles.